The molecule has 1 saturated carbocycles. The van der Waals surface area contributed by atoms with Crippen LogP contribution in [0.5, 0.6) is 0 Å². The van der Waals surface area contributed by atoms with Crippen LogP contribution in [0.25, 0.3) is 0 Å². The van der Waals surface area contributed by atoms with Gasteiger partial charge in [0.15, 0.2) is 5.82 Å². The van der Waals surface area contributed by atoms with Crippen LogP contribution in [-0.2, 0) is 0 Å². The normalized spacial score (nSPS) is 15.5. The van der Waals surface area contributed by atoms with Gasteiger partial charge < -0.3 is 10.6 Å². The van der Waals surface area contributed by atoms with Crippen LogP contribution in [-0.4, -0.2) is 21.2 Å². The molecule has 0 radical (unpaired) electrons. The van der Waals surface area contributed by atoms with Crippen LogP contribution < -0.4 is 10.6 Å². The minimum atomic E-state index is 0.458. The molecule has 3 rings (SSSR count). The predicted molar refractivity (Wildman–Crippen MR) is 89.8 cm³/mol. The molecule has 1 heterocycles. The number of nitrogens with one attached hydrogen (secondary N) is 2. The lowest BCUT2D eigenvalue weighted by atomic mass is 9.96. The van der Waals surface area contributed by atoms with E-state index in [1.807, 2.05) is 25.1 Å². The summed E-state index contributed by atoms with van der Waals surface area (Å²) in [7, 11) is 0. The van der Waals surface area contributed by atoms with Crippen molar-refractivity contribution in [2.75, 3.05) is 10.6 Å². The number of benzene rings is 1. The number of halogens is 1. The van der Waals surface area contributed by atoms with Crippen molar-refractivity contribution in [3.63, 3.8) is 0 Å². The summed E-state index contributed by atoms with van der Waals surface area (Å²) in [5.74, 6) is 1.24. The van der Waals surface area contributed by atoms with Crippen molar-refractivity contribution in [2.45, 2.75) is 45.1 Å². The summed E-state index contributed by atoms with van der Waals surface area (Å²) in [6.45, 7) is 1.98. The number of anilines is 3. The van der Waals surface area contributed by atoms with Gasteiger partial charge in [0, 0.05) is 16.8 Å². The van der Waals surface area contributed by atoms with E-state index in [1.165, 1.54) is 32.1 Å². The van der Waals surface area contributed by atoms with E-state index in [-0.39, 0.29) is 0 Å². The summed E-state index contributed by atoms with van der Waals surface area (Å²) >= 11 is 6.14. The smallest absolute Gasteiger partial charge is 0.244 e. The highest BCUT2D eigenvalue weighted by atomic mass is 35.5. The van der Waals surface area contributed by atoms with Crippen LogP contribution in [0.1, 0.15) is 37.7 Å². The first kappa shape index (κ1) is 15.0. The van der Waals surface area contributed by atoms with Crippen molar-refractivity contribution >= 4 is 29.1 Å². The zero-order valence-electron chi connectivity index (χ0n) is 12.6. The highest BCUT2D eigenvalue weighted by Gasteiger charge is 2.14. The van der Waals surface area contributed by atoms with E-state index >= 15 is 0 Å². The van der Waals surface area contributed by atoms with Crippen molar-refractivity contribution in [3.05, 3.63) is 35.0 Å². The van der Waals surface area contributed by atoms with Gasteiger partial charge in [-0.05, 0) is 37.5 Å². The monoisotopic (exact) mass is 317 g/mol. The molecule has 2 aromatic rings. The summed E-state index contributed by atoms with van der Waals surface area (Å²) in [5, 5.41) is 15.4. The molecule has 0 amide bonds. The third-order valence-corrected chi connectivity index (χ3v) is 4.35. The van der Waals surface area contributed by atoms with Gasteiger partial charge in [-0.1, -0.05) is 36.9 Å². The largest absolute Gasteiger partial charge is 0.350 e. The van der Waals surface area contributed by atoms with Crippen LogP contribution in [0, 0.1) is 6.92 Å². The Morgan fingerprint density at radius 3 is 2.77 bits per heavy atom. The summed E-state index contributed by atoms with van der Waals surface area (Å²) in [5.41, 5.74) is 1.94. The maximum absolute atomic E-state index is 6.14. The first-order chi connectivity index (χ1) is 10.7. The minimum Gasteiger partial charge on any atom is -0.350 e. The number of hydrogen-bond donors (Lipinski definition) is 2. The van der Waals surface area contributed by atoms with Gasteiger partial charge in [-0.15, -0.1) is 5.10 Å². The lowest BCUT2D eigenvalue weighted by Gasteiger charge is -2.22. The van der Waals surface area contributed by atoms with E-state index in [0.29, 0.717) is 17.8 Å². The van der Waals surface area contributed by atoms with Crippen LogP contribution in [0.15, 0.2) is 24.4 Å². The number of hydrogen-bond acceptors (Lipinski definition) is 5. The van der Waals surface area contributed by atoms with E-state index < -0.39 is 0 Å². The number of rotatable bonds is 4. The van der Waals surface area contributed by atoms with Gasteiger partial charge in [-0.2, -0.15) is 10.1 Å². The molecular formula is C16H20ClN5. The van der Waals surface area contributed by atoms with Gasteiger partial charge in [-0.3, -0.25) is 0 Å². The molecular weight excluding hydrogens is 298 g/mol. The van der Waals surface area contributed by atoms with Gasteiger partial charge in [-0.25, -0.2) is 0 Å². The van der Waals surface area contributed by atoms with Gasteiger partial charge >= 0.3 is 0 Å². The molecule has 1 aliphatic rings. The second kappa shape index (κ2) is 6.92. The maximum Gasteiger partial charge on any atom is 0.244 e. The molecule has 116 valence electrons. The maximum atomic E-state index is 6.14. The van der Waals surface area contributed by atoms with Crippen molar-refractivity contribution in [1.29, 1.82) is 0 Å². The summed E-state index contributed by atoms with van der Waals surface area (Å²) < 4.78 is 0. The van der Waals surface area contributed by atoms with E-state index in [4.69, 9.17) is 11.6 Å². The Kier molecular flexibility index (Phi) is 4.73. The molecule has 0 aliphatic heterocycles. The lowest BCUT2D eigenvalue weighted by molar-refractivity contribution is 0.460. The third-order valence-electron chi connectivity index (χ3n) is 3.94. The van der Waals surface area contributed by atoms with Crippen molar-refractivity contribution < 1.29 is 0 Å². The van der Waals surface area contributed by atoms with Gasteiger partial charge in [0.2, 0.25) is 5.95 Å². The molecule has 1 aromatic carbocycles. The zero-order valence-corrected chi connectivity index (χ0v) is 13.4. The van der Waals surface area contributed by atoms with Gasteiger partial charge in [0.1, 0.15) is 0 Å². The number of aryl methyl sites for hydroxylation is 1. The summed E-state index contributed by atoms with van der Waals surface area (Å²) in [6.07, 6.45) is 7.83. The Hall–Kier alpha value is -1.88. The van der Waals surface area contributed by atoms with E-state index in [0.717, 1.165) is 16.3 Å². The predicted octanol–water partition coefficient (Wildman–Crippen LogP) is 4.32. The molecule has 0 bridgehead atoms. The Morgan fingerprint density at radius 2 is 2.00 bits per heavy atom. The van der Waals surface area contributed by atoms with Crippen molar-refractivity contribution in [3.8, 4) is 0 Å². The summed E-state index contributed by atoms with van der Waals surface area (Å²) in [6, 6.07) is 6.28. The fourth-order valence-electron chi connectivity index (χ4n) is 2.67. The number of nitrogens with zero attached hydrogens (tertiary/aromatic N) is 3. The van der Waals surface area contributed by atoms with Crippen LogP contribution in [0.4, 0.5) is 17.5 Å². The molecule has 22 heavy (non-hydrogen) atoms. The Balaban J connectivity index is 1.68. The molecule has 5 nitrogen and oxygen atoms in total. The highest BCUT2D eigenvalue weighted by molar-refractivity contribution is 6.31. The Morgan fingerprint density at radius 1 is 1.18 bits per heavy atom. The molecule has 1 aliphatic carbocycles. The Bertz CT molecular complexity index is 640. The SMILES string of the molecule is Cc1ccc(Nc2cnnc(NC3CCCCC3)n2)cc1Cl. The van der Waals surface area contributed by atoms with E-state index in [9.17, 15) is 0 Å². The fourth-order valence-corrected chi connectivity index (χ4v) is 2.85. The second-order valence-corrected chi connectivity index (χ2v) is 6.14. The number of aromatic nitrogens is 3. The second-order valence-electron chi connectivity index (χ2n) is 5.73. The van der Waals surface area contributed by atoms with E-state index in [2.05, 4.69) is 25.8 Å². The van der Waals surface area contributed by atoms with Crippen LogP contribution in [0.2, 0.25) is 5.02 Å². The molecule has 1 fully saturated rings. The quantitative estimate of drug-likeness (QED) is 0.879. The van der Waals surface area contributed by atoms with Crippen molar-refractivity contribution in [2.24, 2.45) is 0 Å². The molecule has 0 spiro atoms. The zero-order chi connectivity index (χ0) is 15.4. The fraction of sp³-hybridized carbons (Fsp3) is 0.438. The molecule has 1 aromatic heterocycles. The van der Waals surface area contributed by atoms with Gasteiger partial charge in [0.25, 0.3) is 0 Å². The topological polar surface area (TPSA) is 62.7 Å². The van der Waals surface area contributed by atoms with Gasteiger partial charge in [0.05, 0.1) is 6.20 Å². The lowest BCUT2D eigenvalue weighted by Crippen LogP contribution is -2.23. The molecule has 2 N–H and O–H groups in total. The molecule has 0 unspecified atom stereocenters. The van der Waals surface area contributed by atoms with Crippen LogP contribution in [0.3, 0.4) is 0 Å². The average molecular weight is 318 g/mol. The standard InChI is InChI=1S/C16H20ClN5/c1-11-7-8-13(9-14(11)17)19-15-10-18-22-16(21-15)20-12-5-3-2-4-6-12/h7-10,12H,2-6H2,1H3,(H2,19,20,21,22). The third kappa shape index (κ3) is 3.85. The first-order valence-electron chi connectivity index (χ1n) is 7.70. The summed E-state index contributed by atoms with van der Waals surface area (Å²) in [4.78, 5) is 4.48. The molecule has 0 saturated heterocycles. The molecule has 0 atom stereocenters. The van der Waals surface area contributed by atoms with Crippen LogP contribution >= 0.6 is 11.6 Å². The van der Waals surface area contributed by atoms with E-state index in [1.54, 1.807) is 6.20 Å². The first-order valence-corrected chi connectivity index (χ1v) is 8.08. The molecule has 6 heteroatoms. The van der Waals surface area contributed by atoms with Crippen molar-refractivity contribution in [1.82, 2.24) is 15.2 Å². The minimum absolute atomic E-state index is 0.458. The average Bonchev–Trinajstić information content (AvgIpc) is 2.52. The highest BCUT2D eigenvalue weighted by Crippen LogP contribution is 2.23. The Labute approximate surface area is 135 Å².